The van der Waals surface area contributed by atoms with Crippen molar-refractivity contribution in [2.24, 2.45) is 0 Å². The Hall–Kier alpha value is -0.380. The largest absolute Gasteiger partial charge is 0.394 e. The summed E-state index contributed by atoms with van der Waals surface area (Å²) in [6, 6.07) is 4.33. The molecule has 0 saturated carbocycles. The Morgan fingerprint density at radius 1 is 1.43 bits per heavy atom. The summed E-state index contributed by atoms with van der Waals surface area (Å²) in [5, 5.41) is 12.2. The van der Waals surface area contributed by atoms with Crippen molar-refractivity contribution in [1.29, 1.82) is 0 Å². The molecule has 0 aromatic carbocycles. The molecular weight excluding hydrogens is 194 g/mol. The van der Waals surface area contributed by atoms with Crippen LogP contribution in [-0.4, -0.2) is 18.8 Å². The topological polar surface area (TPSA) is 32.3 Å². The minimum atomic E-state index is 0.0797. The summed E-state index contributed by atoms with van der Waals surface area (Å²) in [6.07, 6.45) is 0. The molecule has 1 rings (SSSR count). The van der Waals surface area contributed by atoms with Gasteiger partial charge < -0.3 is 10.4 Å². The van der Waals surface area contributed by atoms with Crippen molar-refractivity contribution < 1.29 is 5.11 Å². The fourth-order valence-corrected chi connectivity index (χ4v) is 2.43. The molecule has 0 saturated heterocycles. The van der Waals surface area contributed by atoms with Crippen LogP contribution in [-0.2, 0) is 5.41 Å². The Bertz CT molecular complexity index is 284. The number of hydrogen-bond acceptors (Lipinski definition) is 3. The Kier molecular flexibility index (Phi) is 3.70. The summed E-state index contributed by atoms with van der Waals surface area (Å²) in [7, 11) is 1.87. The van der Waals surface area contributed by atoms with Crippen LogP contribution in [0.15, 0.2) is 12.1 Å². The number of thiophene rings is 1. The van der Waals surface area contributed by atoms with Crippen molar-refractivity contribution in [3.8, 4) is 0 Å². The van der Waals surface area contributed by atoms with E-state index in [-0.39, 0.29) is 18.1 Å². The molecule has 0 fully saturated rings. The molecule has 0 radical (unpaired) electrons. The predicted molar refractivity (Wildman–Crippen MR) is 61.9 cm³/mol. The lowest BCUT2D eigenvalue weighted by Gasteiger charge is -2.16. The molecule has 1 atom stereocenters. The summed E-state index contributed by atoms with van der Waals surface area (Å²) < 4.78 is 0. The summed E-state index contributed by atoms with van der Waals surface area (Å²) in [6.45, 7) is 6.77. The molecule has 80 valence electrons. The lowest BCUT2D eigenvalue weighted by Crippen LogP contribution is -2.18. The molecule has 0 bridgehead atoms. The molecule has 14 heavy (non-hydrogen) atoms. The first-order valence-electron chi connectivity index (χ1n) is 4.87. The zero-order valence-electron chi connectivity index (χ0n) is 9.29. The molecule has 0 aliphatic heterocycles. The van der Waals surface area contributed by atoms with E-state index in [1.165, 1.54) is 9.75 Å². The summed E-state index contributed by atoms with van der Waals surface area (Å²) in [5.41, 5.74) is 0.205. The van der Waals surface area contributed by atoms with Gasteiger partial charge in [-0.05, 0) is 24.6 Å². The van der Waals surface area contributed by atoms with Crippen LogP contribution in [0.2, 0.25) is 0 Å². The van der Waals surface area contributed by atoms with Crippen LogP contribution in [0.4, 0.5) is 0 Å². The van der Waals surface area contributed by atoms with E-state index in [9.17, 15) is 0 Å². The maximum atomic E-state index is 9.14. The Morgan fingerprint density at radius 3 is 2.43 bits per heavy atom. The first kappa shape index (κ1) is 11.7. The Labute approximate surface area is 90.0 Å². The maximum Gasteiger partial charge on any atom is 0.0647 e. The van der Waals surface area contributed by atoms with Gasteiger partial charge in [-0.15, -0.1) is 11.3 Å². The Morgan fingerprint density at radius 2 is 2.07 bits per heavy atom. The standard InChI is InChI=1S/C11H19NOS/c1-11(2,3)10-6-5-9(14-10)8(7-13)12-4/h5-6,8,12-13H,7H2,1-4H3. The van der Waals surface area contributed by atoms with Crippen LogP contribution in [0.25, 0.3) is 0 Å². The fourth-order valence-electron chi connectivity index (χ4n) is 1.27. The highest BCUT2D eigenvalue weighted by molar-refractivity contribution is 7.12. The third-order valence-electron chi connectivity index (χ3n) is 2.24. The molecule has 0 aliphatic carbocycles. The summed E-state index contributed by atoms with van der Waals surface area (Å²) in [4.78, 5) is 2.57. The molecule has 1 aromatic heterocycles. The van der Waals surface area contributed by atoms with Crippen molar-refractivity contribution in [1.82, 2.24) is 5.32 Å². The van der Waals surface area contributed by atoms with Crippen molar-refractivity contribution in [3.05, 3.63) is 21.9 Å². The monoisotopic (exact) mass is 213 g/mol. The second kappa shape index (κ2) is 4.43. The van der Waals surface area contributed by atoms with Gasteiger partial charge >= 0.3 is 0 Å². The molecule has 0 amide bonds. The SMILES string of the molecule is CNC(CO)c1ccc(C(C)(C)C)s1. The van der Waals surface area contributed by atoms with Crippen molar-refractivity contribution in [2.75, 3.05) is 13.7 Å². The van der Waals surface area contributed by atoms with Gasteiger partial charge in [-0.2, -0.15) is 0 Å². The quantitative estimate of drug-likeness (QED) is 0.807. The van der Waals surface area contributed by atoms with E-state index >= 15 is 0 Å². The van der Waals surface area contributed by atoms with Gasteiger partial charge in [-0.25, -0.2) is 0 Å². The normalized spacial score (nSPS) is 14.4. The van der Waals surface area contributed by atoms with Crippen LogP contribution >= 0.6 is 11.3 Å². The first-order chi connectivity index (χ1) is 6.49. The first-order valence-corrected chi connectivity index (χ1v) is 5.69. The molecule has 2 N–H and O–H groups in total. The van der Waals surface area contributed by atoms with E-state index in [1.807, 2.05) is 7.05 Å². The van der Waals surface area contributed by atoms with Crippen LogP contribution in [0.5, 0.6) is 0 Å². The molecule has 0 spiro atoms. The van der Waals surface area contributed by atoms with Gasteiger partial charge in [-0.1, -0.05) is 20.8 Å². The second-order valence-electron chi connectivity index (χ2n) is 4.48. The van der Waals surface area contributed by atoms with Crippen LogP contribution < -0.4 is 5.32 Å². The molecule has 1 unspecified atom stereocenters. The van der Waals surface area contributed by atoms with E-state index < -0.39 is 0 Å². The zero-order valence-corrected chi connectivity index (χ0v) is 10.1. The minimum absolute atomic E-state index is 0.0797. The number of aliphatic hydroxyl groups excluding tert-OH is 1. The van der Waals surface area contributed by atoms with Crippen molar-refractivity contribution in [3.63, 3.8) is 0 Å². The Balaban J connectivity index is 2.87. The number of aliphatic hydroxyl groups is 1. The van der Waals surface area contributed by atoms with Gasteiger partial charge in [0.15, 0.2) is 0 Å². The van der Waals surface area contributed by atoms with E-state index in [0.717, 1.165) is 0 Å². The van der Waals surface area contributed by atoms with Gasteiger partial charge in [-0.3, -0.25) is 0 Å². The summed E-state index contributed by atoms with van der Waals surface area (Å²) >= 11 is 1.77. The van der Waals surface area contributed by atoms with Crippen molar-refractivity contribution >= 4 is 11.3 Å². The number of hydrogen-bond donors (Lipinski definition) is 2. The molecule has 1 aromatic rings. The van der Waals surface area contributed by atoms with Crippen molar-refractivity contribution in [2.45, 2.75) is 32.2 Å². The van der Waals surface area contributed by atoms with E-state index in [0.29, 0.717) is 0 Å². The molecular formula is C11H19NOS. The summed E-state index contributed by atoms with van der Waals surface area (Å²) in [5.74, 6) is 0. The molecule has 1 heterocycles. The van der Waals surface area contributed by atoms with E-state index in [2.05, 4.69) is 38.2 Å². The zero-order chi connectivity index (χ0) is 10.8. The van der Waals surface area contributed by atoms with E-state index in [1.54, 1.807) is 11.3 Å². The van der Waals surface area contributed by atoms with Gasteiger partial charge in [0, 0.05) is 9.75 Å². The molecule has 0 aliphatic rings. The van der Waals surface area contributed by atoms with Gasteiger partial charge in [0.25, 0.3) is 0 Å². The second-order valence-corrected chi connectivity index (χ2v) is 5.59. The predicted octanol–water partition coefficient (Wildman–Crippen LogP) is 2.30. The highest BCUT2D eigenvalue weighted by atomic mass is 32.1. The highest BCUT2D eigenvalue weighted by Gasteiger charge is 2.18. The molecule has 3 heteroatoms. The third-order valence-corrected chi connectivity index (χ3v) is 3.87. The smallest absolute Gasteiger partial charge is 0.0647 e. The lowest BCUT2D eigenvalue weighted by atomic mass is 9.95. The minimum Gasteiger partial charge on any atom is -0.394 e. The fraction of sp³-hybridized carbons (Fsp3) is 0.636. The average molecular weight is 213 g/mol. The molecule has 2 nitrogen and oxygen atoms in total. The van der Waals surface area contributed by atoms with E-state index in [4.69, 9.17) is 5.11 Å². The average Bonchev–Trinajstić information content (AvgIpc) is 2.54. The van der Waals surface area contributed by atoms with Crippen LogP contribution in [0.3, 0.4) is 0 Å². The number of nitrogens with one attached hydrogen (secondary N) is 1. The lowest BCUT2D eigenvalue weighted by molar-refractivity contribution is 0.253. The number of rotatable bonds is 3. The highest BCUT2D eigenvalue weighted by Crippen LogP contribution is 2.31. The van der Waals surface area contributed by atoms with Crippen LogP contribution in [0.1, 0.15) is 36.6 Å². The van der Waals surface area contributed by atoms with Crippen LogP contribution in [0, 0.1) is 0 Å². The van der Waals surface area contributed by atoms with Gasteiger partial charge in [0.1, 0.15) is 0 Å². The maximum absolute atomic E-state index is 9.14. The third kappa shape index (κ3) is 2.56. The number of likely N-dealkylation sites (N-methyl/N-ethyl adjacent to an activating group) is 1. The van der Waals surface area contributed by atoms with Gasteiger partial charge in [0.05, 0.1) is 12.6 Å². The van der Waals surface area contributed by atoms with Gasteiger partial charge in [0.2, 0.25) is 0 Å².